The van der Waals surface area contributed by atoms with E-state index in [1.165, 1.54) is 19.9 Å². The number of amides is 2. The SMILES string of the molecule is CC12C=C(C(=O)OF)C(C)(O1)C1C(=O)N(c3ccc(C#N)c(C(F)(F)F)c3F)C(=O)C12. The van der Waals surface area contributed by atoms with E-state index in [4.69, 9.17) is 10.00 Å². The quantitative estimate of drug-likeness (QED) is 0.516. The molecule has 3 aliphatic rings. The van der Waals surface area contributed by atoms with Gasteiger partial charge in [-0.1, -0.05) is 0 Å². The molecule has 2 saturated heterocycles. The number of alkyl halides is 3. The van der Waals surface area contributed by atoms with Crippen LogP contribution in [0, 0.1) is 29.0 Å². The molecule has 12 heteroatoms. The number of anilines is 1. The molecule has 0 aromatic heterocycles. The van der Waals surface area contributed by atoms with Gasteiger partial charge in [0.15, 0.2) is 5.82 Å². The van der Waals surface area contributed by atoms with Crippen molar-refractivity contribution in [2.75, 3.05) is 4.90 Å². The third kappa shape index (κ3) is 2.49. The summed E-state index contributed by atoms with van der Waals surface area (Å²) in [5, 5.41) is 8.89. The lowest BCUT2D eigenvalue weighted by molar-refractivity contribution is -0.180. The van der Waals surface area contributed by atoms with Gasteiger partial charge >= 0.3 is 12.1 Å². The summed E-state index contributed by atoms with van der Waals surface area (Å²) in [6, 6.07) is 2.59. The van der Waals surface area contributed by atoms with Gasteiger partial charge in [0.25, 0.3) is 0 Å². The molecule has 162 valence electrons. The summed E-state index contributed by atoms with van der Waals surface area (Å²) < 4.78 is 73.0. The number of ether oxygens (including phenoxy) is 1. The van der Waals surface area contributed by atoms with Gasteiger partial charge in [-0.3, -0.25) is 9.59 Å². The van der Waals surface area contributed by atoms with Gasteiger partial charge in [0.2, 0.25) is 11.8 Å². The van der Waals surface area contributed by atoms with Gasteiger partial charge in [-0.05, 0) is 32.1 Å². The van der Waals surface area contributed by atoms with Crippen LogP contribution in [0.3, 0.4) is 0 Å². The highest BCUT2D eigenvalue weighted by molar-refractivity contribution is 6.24. The summed E-state index contributed by atoms with van der Waals surface area (Å²) in [6.07, 6.45) is -4.16. The standard InChI is InChI=1S/C19H11F5N2O5/c1-17-5-8(16(29)30-24)18(2,31-17)12-11(17)14(27)26(15(12)28)9-4-3-7(6-25)10(13(9)20)19(21,22)23/h3-5,11-12H,1-2H3. The minimum Gasteiger partial charge on any atom is -0.358 e. The van der Waals surface area contributed by atoms with E-state index < -0.39 is 69.6 Å². The Morgan fingerprint density at radius 2 is 1.84 bits per heavy atom. The van der Waals surface area contributed by atoms with Gasteiger partial charge in [-0.15, -0.1) is 0 Å². The van der Waals surface area contributed by atoms with Gasteiger partial charge in [0.05, 0.1) is 40.3 Å². The van der Waals surface area contributed by atoms with Crippen molar-refractivity contribution < 1.29 is 46.1 Å². The summed E-state index contributed by atoms with van der Waals surface area (Å²) in [7, 11) is 0. The first-order valence-corrected chi connectivity index (χ1v) is 8.76. The maximum absolute atomic E-state index is 14.9. The maximum Gasteiger partial charge on any atom is 0.420 e. The zero-order valence-corrected chi connectivity index (χ0v) is 15.7. The lowest BCUT2D eigenvalue weighted by Gasteiger charge is -2.28. The first-order chi connectivity index (χ1) is 14.3. The van der Waals surface area contributed by atoms with Crippen LogP contribution in [0.2, 0.25) is 0 Å². The Balaban J connectivity index is 1.85. The van der Waals surface area contributed by atoms with E-state index in [1.807, 2.05) is 0 Å². The van der Waals surface area contributed by atoms with E-state index in [1.54, 1.807) is 0 Å². The Morgan fingerprint density at radius 3 is 2.39 bits per heavy atom. The number of nitriles is 1. The van der Waals surface area contributed by atoms with Crippen molar-refractivity contribution in [1.29, 1.82) is 5.26 Å². The van der Waals surface area contributed by atoms with Crippen LogP contribution in [0.25, 0.3) is 0 Å². The van der Waals surface area contributed by atoms with Crippen LogP contribution in [0.4, 0.5) is 27.8 Å². The molecule has 7 nitrogen and oxygen atoms in total. The number of rotatable bonds is 2. The molecule has 4 unspecified atom stereocenters. The molecule has 4 rings (SSSR count). The molecule has 4 atom stereocenters. The van der Waals surface area contributed by atoms with E-state index in [9.17, 15) is 36.5 Å². The largest absolute Gasteiger partial charge is 0.420 e. The average Bonchev–Trinajstić information content (AvgIpc) is 3.21. The molecule has 0 spiro atoms. The minimum atomic E-state index is -5.27. The molecule has 31 heavy (non-hydrogen) atoms. The zero-order valence-electron chi connectivity index (χ0n) is 15.7. The first kappa shape index (κ1) is 20.9. The number of benzene rings is 1. The minimum absolute atomic E-state index is 0.248. The van der Waals surface area contributed by atoms with Crippen molar-refractivity contribution in [2.24, 2.45) is 11.8 Å². The third-order valence-corrected chi connectivity index (χ3v) is 5.97. The highest BCUT2D eigenvalue weighted by Gasteiger charge is 2.74. The number of fused-ring (bicyclic) bond motifs is 5. The highest BCUT2D eigenvalue weighted by Crippen LogP contribution is 2.60. The fourth-order valence-electron chi connectivity index (χ4n) is 4.81. The average molecular weight is 442 g/mol. The molecule has 1 aromatic rings. The van der Waals surface area contributed by atoms with Gasteiger partial charge in [-0.25, -0.2) is 19.0 Å². The number of hydrogen-bond donors (Lipinski definition) is 0. The Bertz CT molecular complexity index is 1140. The number of halogens is 5. The molecule has 0 aliphatic carbocycles. The van der Waals surface area contributed by atoms with Crippen LogP contribution < -0.4 is 4.90 Å². The lowest BCUT2D eigenvalue weighted by atomic mass is 9.69. The molecule has 1 aromatic carbocycles. The smallest absolute Gasteiger partial charge is 0.358 e. The summed E-state index contributed by atoms with van der Waals surface area (Å²) >= 11 is 0. The number of imide groups is 1. The third-order valence-electron chi connectivity index (χ3n) is 5.97. The van der Waals surface area contributed by atoms with Gasteiger partial charge in [-0.2, -0.15) is 18.4 Å². The molecule has 2 amide bonds. The van der Waals surface area contributed by atoms with Crippen LogP contribution in [-0.4, -0.2) is 29.0 Å². The fourth-order valence-corrected chi connectivity index (χ4v) is 4.81. The molecular formula is C19H11F5N2O5. The lowest BCUT2D eigenvalue weighted by Crippen LogP contribution is -2.43. The second-order valence-corrected chi connectivity index (χ2v) is 7.71. The normalized spacial score (nSPS) is 31.5. The van der Waals surface area contributed by atoms with Crippen molar-refractivity contribution in [1.82, 2.24) is 0 Å². The summed E-state index contributed by atoms with van der Waals surface area (Å²) in [6.45, 7) is 2.57. The summed E-state index contributed by atoms with van der Waals surface area (Å²) in [5.74, 6) is -8.34. The Hall–Kier alpha value is -3.33. The molecular weight excluding hydrogens is 431 g/mol. The van der Waals surface area contributed by atoms with Crippen LogP contribution >= 0.6 is 0 Å². The first-order valence-electron chi connectivity index (χ1n) is 8.76. The topological polar surface area (TPSA) is 96.7 Å². The molecule has 2 bridgehead atoms. The predicted octanol–water partition coefficient (Wildman–Crippen LogP) is 2.74. The van der Waals surface area contributed by atoms with Gasteiger partial charge < -0.3 is 4.74 Å². The molecule has 0 N–H and O–H groups in total. The molecule has 3 heterocycles. The predicted molar refractivity (Wildman–Crippen MR) is 88.8 cm³/mol. The Labute approximate surface area is 170 Å². The molecule has 2 fully saturated rings. The van der Waals surface area contributed by atoms with Gasteiger partial charge in [0.1, 0.15) is 11.2 Å². The van der Waals surface area contributed by atoms with E-state index >= 15 is 0 Å². The van der Waals surface area contributed by atoms with Crippen LogP contribution in [0.5, 0.6) is 0 Å². The highest BCUT2D eigenvalue weighted by atomic mass is 19.4. The second kappa shape index (κ2) is 6.10. The van der Waals surface area contributed by atoms with Crippen molar-refractivity contribution >= 4 is 23.5 Å². The van der Waals surface area contributed by atoms with Crippen molar-refractivity contribution in [2.45, 2.75) is 31.2 Å². The Morgan fingerprint density at radius 1 is 1.23 bits per heavy atom. The van der Waals surface area contributed by atoms with Crippen molar-refractivity contribution in [3.05, 3.63) is 40.7 Å². The fraction of sp³-hybridized carbons (Fsp3) is 0.368. The second-order valence-electron chi connectivity index (χ2n) is 7.71. The van der Waals surface area contributed by atoms with E-state index in [-0.39, 0.29) is 10.5 Å². The molecule has 0 saturated carbocycles. The van der Waals surface area contributed by atoms with Gasteiger partial charge in [0, 0.05) is 4.53 Å². The van der Waals surface area contributed by atoms with Crippen LogP contribution in [0.15, 0.2) is 23.8 Å². The van der Waals surface area contributed by atoms with Crippen molar-refractivity contribution in [3.8, 4) is 6.07 Å². The Kier molecular flexibility index (Phi) is 4.12. The van der Waals surface area contributed by atoms with Crippen LogP contribution in [0.1, 0.15) is 25.0 Å². The molecule has 3 aliphatic heterocycles. The summed E-state index contributed by atoms with van der Waals surface area (Å²) in [4.78, 5) is 41.4. The number of carbonyl (C=O) groups is 3. The molecule has 0 radical (unpaired) electrons. The number of nitrogens with zero attached hydrogens (tertiary/aromatic N) is 2. The van der Waals surface area contributed by atoms with E-state index in [2.05, 4.69) is 4.94 Å². The summed E-state index contributed by atoms with van der Waals surface area (Å²) in [5.41, 5.74) is -7.71. The zero-order chi connectivity index (χ0) is 23.1. The maximum atomic E-state index is 14.9. The van der Waals surface area contributed by atoms with E-state index in [0.29, 0.717) is 6.07 Å². The van der Waals surface area contributed by atoms with E-state index in [0.717, 1.165) is 12.1 Å². The van der Waals surface area contributed by atoms with Crippen molar-refractivity contribution in [3.63, 3.8) is 0 Å². The van der Waals surface area contributed by atoms with Crippen LogP contribution in [-0.2, 0) is 30.2 Å². The number of carbonyl (C=O) groups excluding carboxylic acids is 3. The monoisotopic (exact) mass is 442 g/mol. The number of hydrogen-bond acceptors (Lipinski definition) is 6.